The molecule has 0 atom stereocenters. The number of carbonyl (C=O) groups excluding carboxylic acids is 1. The molecule has 1 aromatic carbocycles. The van der Waals surface area contributed by atoms with Crippen molar-refractivity contribution in [3.05, 3.63) is 54.1 Å². The van der Waals surface area contributed by atoms with Gasteiger partial charge in [-0.25, -0.2) is 14.4 Å². The average molecular weight is 567 g/mol. The van der Waals surface area contributed by atoms with Gasteiger partial charge in [0.05, 0.1) is 0 Å². The molecule has 4 rings (SSSR count). The van der Waals surface area contributed by atoms with Gasteiger partial charge in [-0.1, -0.05) is 18.2 Å². The quantitative estimate of drug-likeness (QED) is 0.303. The molecular formula is C23H31FIN7O. The third kappa shape index (κ3) is 6.30. The molecule has 1 aromatic heterocycles. The monoisotopic (exact) mass is 567 g/mol. The van der Waals surface area contributed by atoms with Crippen LogP contribution in [0.5, 0.6) is 0 Å². The summed E-state index contributed by atoms with van der Waals surface area (Å²) in [5.74, 6) is 1.30. The molecule has 2 heterocycles. The van der Waals surface area contributed by atoms with Crippen LogP contribution >= 0.6 is 24.0 Å². The van der Waals surface area contributed by atoms with E-state index in [4.69, 9.17) is 0 Å². The summed E-state index contributed by atoms with van der Waals surface area (Å²) >= 11 is 0. The Kier molecular flexibility index (Phi) is 8.81. The zero-order valence-corrected chi connectivity index (χ0v) is 21.2. The number of halogens is 2. The molecule has 0 unspecified atom stereocenters. The lowest BCUT2D eigenvalue weighted by Gasteiger charge is -2.34. The standard InChI is InChI=1S/C23H30FN7O.HI/c1-25-21(29-17-23(8-9-23)18-5-2-3-6-19(18)24)26-12-7-20(32)30-13-15-31(16-14-30)22-27-10-4-11-28-22;/h2-6,10-11H,7-9,12-17H2,1H3,(H2,25,26,29);1H. The van der Waals surface area contributed by atoms with Gasteiger partial charge < -0.3 is 20.4 Å². The Hall–Kier alpha value is -2.50. The van der Waals surface area contributed by atoms with E-state index in [-0.39, 0.29) is 41.1 Å². The maximum Gasteiger partial charge on any atom is 0.225 e. The van der Waals surface area contributed by atoms with Gasteiger partial charge in [0.1, 0.15) is 5.82 Å². The fraction of sp³-hybridized carbons (Fsp3) is 0.478. The number of anilines is 1. The molecule has 2 aromatic rings. The highest BCUT2D eigenvalue weighted by Crippen LogP contribution is 2.48. The Bertz CT molecular complexity index is 947. The van der Waals surface area contributed by atoms with E-state index in [0.29, 0.717) is 44.5 Å². The second kappa shape index (κ2) is 11.6. The second-order valence-electron chi connectivity index (χ2n) is 8.28. The number of hydrogen-bond acceptors (Lipinski definition) is 5. The molecule has 0 radical (unpaired) electrons. The number of guanidine groups is 1. The van der Waals surface area contributed by atoms with Crippen LogP contribution in [0.4, 0.5) is 10.3 Å². The number of carbonyl (C=O) groups is 1. The molecule has 0 bridgehead atoms. The third-order valence-electron chi connectivity index (χ3n) is 6.22. The number of nitrogens with zero attached hydrogens (tertiary/aromatic N) is 5. The Morgan fingerprint density at radius 1 is 1.09 bits per heavy atom. The molecule has 1 amide bonds. The molecule has 178 valence electrons. The summed E-state index contributed by atoms with van der Waals surface area (Å²) in [5.41, 5.74) is 0.596. The topological polar surface area (TPSA) is 85.8 Å². The highest BCUT2D eigenvalue weighted by atomic mass is 127. The molecule has 1 saturated carbocycles. The molecule has 10 heteroatoms. The van der Waals surface area contributed by atoms with E-state index < -0.39 is 0 Å². The van der Waals surface area contributed by atoms with Crippen LogP contribution in [0.2, 0.25) is 0 Å². The van der Waals surface area contributed by atoms with Gasteiger partial charge in [-0.05, 0) is 30.5 Å². The van der Waals surface area contributed by atoms with Gasteiger partial charge >= 0.3 is 0 Å². The van der Waals surface area contributed by atoms with Crippen molar-refractivity contribution in [3.63, 3.8) is 0 Å². The molecule has 1 aliphatic carbocycles. The smallest absolute Gasteiger partial charge is 0.225 e. The zero-order chi connectivity index (χ0) is 22.4. The Morgan fingerprint density at radius 2 is 1.79 bits per heavy atom. The van der Waals surface area contributed by atoms with Gasteiger partial charge in [0.2, 0.25) is 11.9 Å². The molecule has 8 nitrogen and oxygen atoms in total. The maximum atomic E-state index is 14.2. The van der Waals surface area contributed by atoms with Crippen LogP contribution < -0.4 is 15.5 Å². The van der Waals surface area contributed by atoms with Gasteiger partial charge in [-0.2, -0.15) is 0 Å². The fourth-order valence-electron chi connectivity index (χ4n) is 4.11. The van der Waals surface area contributed by atoms with E-state index in [9.17, 15) is 9.18 Å². The zero-order valence-electron chi connectivity index (χ0n) is 18.8. The minimum Gasteiger partial charge on any atom is -0.356 e. The predicted octanol–water partition coefficient (Wildman–Crippen LogP) is 2.17. The molecule has 2 aliphatic rings. The lowest BCUT2D eigenvalue weighted by atomic mass is 9.95. The number of aliphatic imine (C=N–C) groups is 1. The van der Waals surface area contributed by atoms with Crippen molar-refractivity contribution < 1.29 is 9.18 Å². The van der Waals surface area contributed by atoms with Crippen LogP contribution in [0.15, 0.2) is 47.7 Å². The lowest BCUT2D eigenvalue weighted by Crippen LogP contribution is -2.50. The Morgan fingerprint density at radius 3 is 2.42 bits per heavy atom. The summed E-state index contributed by atoms with van der Waals surface area (Å²) < 4.78 is 14.2. The summed E-state index contributed by atoms with van der Waals surface area (Å²) in [6.07, 6.45) is 5.76. The SMILES string of the molecule is CN=C(NCCC(=O)N1CCN(c2ncccn2)CC1)NCC1(c2ccccc2F)CC1.I. The van der Waals surface area contributed by atoms with Crippen molar-refractivity contribution in [1.29, 1.82) is 0 Å². The highest BCUT2D eigenvalue weighted by Gasteiger charge is 2.45. The van der Waals surface area contributed by atoms with Crippen molar-refractivity contribution in [1.82, 2.24) is 25.5 Å². The van der Waals surface area contributed by atoms with Crippen LogP contribution in [0.3, 0.4) is 0 Å². The van der Waals surface area contributed by atoms with Crippen LogP contribution in [0.1, 0.15) is 24.8 Å². The van der Waals surface area contributed by atoms with E-state index in [1.54, 1.807) is 31.6 Å². The fourth-order valence-corrected chi connectivity index (χ4v) is 4.11. The van der Waals surface area contributed by atoms with Crippen LogP contribution in [0.25, 0.3) is 0 Å². The second-order valence-corrected chi connectivity index (χ2v) is 8.28. The number of piperazine rings is 1. The summed E-state index contributed by atoms with van der Waals surface area (Å²) in [6.45, 7) is 3.89. The maximum absolute atomic E-state index is 14.2. The van der Waals surface area contributed by atoms with E-state index >= 15 is 0 Å². The first kappa shape index (κ1) is 25.1. The number of nitrogens with one attached hydrogen (secondary N) is 2. The number of aromatic nitrogens is 2. The van der Waals surface area contributed by atoms with Crippen LogP contribution in [0, 0.1) is 5.82 Å². The van der Waals surface area contributed by atoms with Gasteiger partial charge in [-0.15, -0.1) is 24.0 Å². The van der Waals surface area contributed by atoms with E-state index in [2.05, 4.69) is 30.5 Å². The Balaban J connectivity index is 0.00000306. The normalized spacial score (nSPS) is 17.2. The van der Waals surface area contributed by atoms with Crippen molar-refractivity contribution in [3.8, 4) is 0 Å². The molecule has 0 spiro atoms. The van der Waals surface area contributed by atoms with Gasteiger partial charge in [0.15, 0.2) is 5.96 Å². The van der Waals surface area contributed by atoms with Gasteiger partial charge in [-0.3, -0.25) is 9.79 Å². The lowest BCUT2D eigenvalue weighted by molar-refractivity contribution is -0.131. The molecule has 2 N–H and O–H groups in total. The van der Waals surface area contributed by atoms with Crippen molar-refractivity contribution in [2.45, 2.75) is 24.7 Å². The largest absolute Gasteiger partial charge is 0.356 e. The summed E-state index contributed by atoms with van der Waals surface area (Å²) in [7, 11) is 1.70. The number of hydrogen-bond donors (Lipinski definition) is 2. The predicted molar refractivity (Wildman–Crippen MR) is 138 cm³/mol. The van der Waals surface area contributed by atoms with Gasteiger partial charge in [0, 0.05) is 70.5 Å². The number of rotatable bonds is 7. The molecule has 1 saturated heterocycles. The summed E-state index contributed by atoms with van der Waals surface area (Å²) in [6, 6.07) is 8.77. The minimum absolute atomic E-state index is 0. The molecule has 2 fully saturated rings. The summed E-state index contributed by atoms with van der Waals surface area (Å²) in [4.78, 5) is 29.4. The molecular weight excluding hydrogens is 536 g/mol. The Labute approximate surface area is 211 Å². The first-order chi connectivity index (χ1) is 15.6. The summed E-state index contributed by atoms with van der Waals surface area (Å²) in [5, 5.41) is 6.51. The van der Waals surface area contributed by atoms with E-state index in [1.807, 2.05) is 17.0 Å². The van der Waals surface area contributed by atoms with Crippen molar-refractivity contribution >= 4 is 41.8 Å². The third-order valence-corrected chi connectivity index (χ3v) is 6.22. The average Bonchev–Trinajstić information content (AvgIpc) is 3.63. The molecule has 33 heavy (non-hydrogen) atoms. The highest BCUT2D eigenvalue weighted by molar-refractivity contribution is 14.0. The van der Waals surface area contributed by atoms with Gasteiger partial charge in [0.25, 0.3) is 0 Å². The van der Waals surface area contributed by atoms with Crippen LogP contribution in [-0.2, 0) is 10.2 Å². The molecule has 1 aliphatic heterocycles. The van der Waals surface area contributed by atoms with E-state index in [1.165, 1.54) is 6.07 Å². The number of benzene rings is 1. The van der Waals surface area contributed by atoms with Crippen LogP contribution in [-0.4, -0.2) is 73.1 Å². The van der Waals surface area contributed by atoms with Crippen molar-refractivity contribution in [2.75, 3.05) is 51.2 Å². The van der Waals surface area contributed by atoms with E-state index in [0.717, 1.165) is 31.5 Å². The first-order valence-electron chi connectivity index (χ1n) is 11.1. The first-order valence-corrected chi connectivity index (χ1v) is 11.1. The number of amides is 1. The van der Waals surface area contributed by atoms with Crippen molar-refractivity contribution in [2.24, 2.45) is 4.99 Å². The minimum atomic E-state index is -0.166.